The van der Waals surface area contributed by atoms with Gasteiger partial charge < -0.3 is 15.6 Å². The number of carbonyl (C=O) groups is 1. The van der Waals surface area contributed by atoms with Gasteiger partial charge in [0.1, 0.15) is 17.6 Å². The normalized spacial score (nSPS) is 13.1. The van der Waals surface area contributed by atoms with E-state index in [2.05, 4.69) is 0 Å². The number of nitrogens with two attached hydrogens (primary N) is 1. The van der Waals surface area contributed by atoms with Crippen molar-refractivity contribution in [2.45, 2.75) is 30.4 Å². The topological polar surface area (TPSA) is 72.5 Å². The third kappa shape index (κ3) is 4.11. The number of methoxy groups -OCH3 is 1. The Morgan fingerprint density at radius 2 is 2.21 bits per heavy atom. The van der Waals surface area contributed by atoms with Crippen molar-refractivity contribution in [3.8, 4) is 5.75 Å². The van der Waals surface area contributed by atoms with E-state index in [9.17, 15) is 9.18 Å². The van der Waals surface area contributed by atoms with Crippen LogP contribution in [0, 0.1) is 5.82 Å². The van der Waals surface area contributed by atoms with Crippen molar-refractivity contribution in [3.05, 3.63) is 29.6 Å². The Kier molecular flexibility index (Phi) is 5.20. The molecule has 1 aromatic carbocycles. The van der Waals surface area contributed by atoms with E-state index in [4.69, 9.17) is 15.6 Å². The van der Waals surface area contributed by atoms with E-state index in [0.717, 1.165) is 0 Å². The second kappa shape index (κ2) is 6.25. The third-order valence-electron chi connectivity index (χ3n) is 2.86. The summed E-state index contributed by atoms with van der Waals surface area (Å²) in [6.07, 6.45) is 0. The highest BCUT2D eigenvalue weighted by Crippen LogP contribution is 2.33. The van der Waals surface area contributed by atoms with E-state index < -0.39 is 16.8 Å². The van der Waals surface area contributed by atoms with Crippen LogP contribution in [0.2, 0.25) is 0 Å². The molecule has 3 N–H and O–H groups in total. The van der Waals surface area contributed by atoms with Gasteiger partial charge in [-0.1, -0.05) is 0 Å². The molecular weight excluding hydrogens is 269 g/mol. The molecule has 6 heteroatoms. The summed E-state index contributed by atoms with van der Waals surface area (Å²) in [5, 5.41) is 8.94. The highest BCUT2D eigenvalue weighted by Gasteiger charge is 2.32. The number of hydrogen-bond acceptors (Lipinski definition) is 4. The number of thioether (sulfide) groups is 1. The van der Waals surface area contributed by atoms with Gasteiger partial charge in [-0.25, -0.2) is 4.39 Å². The van der Waals surface area contributed by atoms with E-state index in [0.29, 0.717) is 17.1 Å². The molecule has 0 aliphatic heterocycles. The van der Waals surface area contributed by atoms with Crippen LogP contribution in [0.25, 0.3) is 0 Å². The molecule has 1 atom stereocenters. The average Bonchev–Trinajstić information content (AvgIpc) is 2.35. The van der Waals surface area contributed by atoms with E-state index in [1.807, 2.05) is 0 Å². The van der Waals surface area contributed by atoms with Crippen LogP contribution >= 0.6 is 11.8 Å². The highest BCUT2D eigenvalue weighted by atomic mass is 32.2. The van der Waals surface area contributed by atoms with Gasteiger partial charge in [-0.15, -0.1) is 11.8 Å². The van der Waals surface area contributed by atoms with Gasteiger partial charge in [0.2, 0.25) is 0 Å². The first-order chi connectivity index (χ1) is 8.77. The molecule has 19 heavy (non-hydrogen) atoms. The minimum absolute atomic E-state index is 0.350. The van der Waals surface area contributed by atoms with E-state index in [1.165, 1.54) is 31.0 Å². The van der Waals surface area contributed by atoms with Crippen molar-refractivity contribution in [2.75, 3.05) is 7.11 Å². The first-order valence-corrected chi connectivity index (χ1v) is 6.71. The van der Waals surface area contributed by atoms with Gasteiger partial charge in [0, 0.05) is 16.1 Å². The molecule has 0 saturated heterocycles. The maximum absolute atomic E-state index is 13.2. The number of aliphatic carboxylic acids is 1. The fourth-order valence-corrected chi connectivity index (χ4v) is 2.54. The molecule has 106 valence electrons. The van der Waals surface area contributed by atoms with Crippen LogP contribution in [0.1, 0.15) is 19.4 Å². The van der Waals surface area contributed by atoms with Crippen molar-refractivity contribution in [1.82, 2.24) is 0 Å². The Labute approximate surface area is 116 Å². The highest BCUT2D eigenvalue weighted by molar-refractivity contribution is 7.99. The molecule has 0 saturated carbocycles. The van der Waals surface area contributed by atoms with Gasteiger partial charge >= 0.3 is 5.97 Å². The van der Waals surface area contributed by atoms with Crippen LogP contribution in [0.5, 0.6) is 5.75 Å². The van der Waals surface area contributed by atoms with Crippen LogP contribution in [-0.4, -0.2) is 29.0 Å². The molecule has 0 spiro atoms. The monoisotopic (exact) mass is 287 g/mol. The van der Waals surface area contributed by atoms with Crippen molar-refractivity contribution in [1.29, 1.82) is 0 Å². The zero-order chi connectivity index (χ0) is 14.6. The molecule has 0 unspecified atom stereocenters. The number of hydrogen-bond donors (Lipinski definition) is 2. The molecular formula is C13H18FNO3S. The van der Waals surface area contributed by atoms with E-state index in [1.54, 1.807) is 19.9 Å². The predicted octanol–water partition coefficient (Wildman–Crippen LogP) is 2.26. The number of carboxylic acid groups (broad SMARTS) is 1. The summed E-state index contributed by atoms with van der Waals surface area (Å²) in [6.45, 7) is 3.50. The fraction of sp³-hybridized carbons (Fsp3) is 0.462. The van der Waals surface area contributed by atoms with Crippen LogP contribution in [0.3, 0.4) is 0 Å². The quantitative estimate of drug-likeness (QED) is 0.839. The Hall–Kier alpha value is -1.27. The third-order valence-corrected chi connectivity index (χ3v) is 4.31. The standard InChI is InChI=1S/C13H18FNO3S/c1-13(2,11(15)12(16)17)19-7-8-6-9(14)4-5-10(8)18-3/h4-6,11H,7,15H2,1-3H3,(H,16,17)/t11-/m0/s1. The maximum atomic E-state index is 13.2. The molecule has 0 aliphatic carbocycles. The summed E-state index contributed by atoms with van der Waals surface area (Å²) >= 11 is 1.35. The van der Waals surface area contributed by atoms with Crippen LogP contribution in [-0.2, 0) is 10.5 Å². The number of halogens is 1. The molecule has 1 rings (SSSR count). The van der Waals surface area contributed by atoms with Crippen LogP contribution in [0.15, 0.2) is 18.2 Å². The van der Waals surface area contributed by atoms with Crippen molar-refractivity contribution in [2.24, 2.45) is 5.73 Å². The SMILES string of the molecule is COc1ccc(F)cc1CSC(C)(C)[C@@H](N)C(=O)O. The van der Waals surface area contributed by atoms with Gasteiger partial charge in [0.25, 0.3) is 0 Å². The van der Waals surface area contributed by atoms with E-state index >= 15 is 0 Å². The first kappa shape index (κ1) is 15.8. The van der Waals surface area contributed by atoms with Gasteiger partial charge in [-0.05, 0) is 32.0 Å². The lowest BCUT2D eigenvalue weighted by atomic mass is 10.1. The molecule has 4 nitrogen and oxygen atoms in total. The molecule has 0 fully saturated rings. The molecule has 0 heterocycles. The summed E-state index contributed by atoms with van der Waals surface area (Å²) in [7, 11) is 1.51. The summed E-state index contributed by atoms with van der Waals surface area (Å²) in [5.41, 5.74) is 6.31. The summed E-state index contributed by atoms with van der Waals surface area (Å²) in [6, 6.07) is 3.27. The number of ether oxygens (including phenoxy) is 1. The molecule has 0 amide bonds. The lowest BCUT2D eigenvalue weighted by Crippen LogP contribution is -2.46. The van der Waals surface area contributed by atoms with Crippen molar-refractivity contribution in [3.63, 3.8) is 0 Å². The lowest BCUT2D eigenvalue weighted by Gasteiger charge is -2.28. The number of carboxylic acids is 1. The largest absolute Gasteiger partial charge is 0.496 e. The number of benzene rings is 1. The van der Waals surface area contributed by atoms with Crippen molar-refractivity contribution >= 4 is 17.7 Å². The maximum Gasteiger partial charge on any atom is 0.321 e. The predicted molar refractivity (Wildman–Crippen MR) is 73.9 cm³/mol. The Bertz CT molecular complexity index is 465. The summed E-state index contributed by atoms with van der Waals surface area (Å²) in [4.78, 5) is 10.9. The molecule has 0 aliphatic rings. The van der Waals surface area contributed by atoms with Gasteiger partial charge in [-0.2, -0.15) is 0 Å². The number of rotatable bonds is 6. The smallest absolute Gasteiger partial charge is 0.321 e. The van der Waals surface area contributed by atoms with Crippen LogP contribution < -0.4 is 10.5 Å². The van der Waals surface area contributed by atoms with Gasteiger partial charge in [0.05, 0.1) is 7.11 Å². The van der Waals surface area contributed by atoms with Crippen LogP contribution in [0.4, 0.5) is 4.39 Å². The zero-order valence-corrected chi connectivity index (χ0v) is 12.0. The van der Waals surface area contributed by atoms with Crippen molar-refractivity contribution < 1.29 is 19.0 Å². The minimum Gasteiger partial charge on any atom is -0.496 e. The second-order valence-electron chi connectivity index (χ2n) is 4.66. The van der Waals surface area contributed by atoms with Gasteiger partial charge in [-0.3, -0.25) is 4.79 Å². The molecule has 0 radical (unpaired) electrons. The Morgan fingerprint density at radius 1 is 1.58 bits per heavy atom. The first-order valence-electron chi connectivity index (χ1n) is 5.72. The zero-order valence-electron chi connectivity index (χ0n) is 11.1. The van der Waals surface area contributed by atoms with Gasteiger partial charge in [0.15, 0.2) is 0 Å². The lowest BCUT2D eigenvalue weighted by molar-refractivity contribution is -0.139. The summed E-state index contributed by atoms with van der Waals surface area (Å²) < 4.78 is 17.7. The fourth-order valence-electron chi connectivity index (χ4n) is 1.51. The second-order valence-corrected chi connectivity index (χ2v) is 6.29. The Balaban J connectivity index is 2.81. The summed E-state index contributed by atoms with van der Waals surface area (Å²) in [5.74, 6) is -0.399. The Morgan fingerprint density at radius 3 is 2.74 bits per heavy atom. The minimum atomic E-state index is -1.05. The molecule has 1 aromatic rings. The van der Waals surface area contributed by atoms with E-state index in [-0.39, 0.29) is 5.82 Å². The molecule has 0 bridgehead atoms. The average molecular weight is 287 g/mol. The molecule has 0 aromatic heterocycles.